The van der Waals surface area contributed by atoms with Gasteiger partial charge in [0, 0.05) is 28.8 Å². The van der Waals surface area contributed by atoms with Crippen molar-refractivity contribution >= 4 is 22.7 Å². The first kappa shape index (κ1) is 19.2. The van der Waals surface area contributed by atoms with Crippen LogP contribution in [-0.2, 0) is 11.3 Å². The van der Waals surface area contributed by atoms with Gasteiger partial charge in [0.05, 0.1) is 13.2 Å². The number of benzene rings is 2. The second kappa shape index (κ2) is 8.11. The summed E-state index contributed by atoms with van der Waals surface area (Å²) in [4.78, 5) is 24.9. The molecular formula is C20H16FN5O4. The molecule has 10 heteroatoms. The van der Waals surface area contributed by atoms with Crippen LogP contribution in [0.15, 0.2) is 57.7 Å². The molecule has 152 valence electrons. The van der Waals surface area contributed by atoms with E-state index in [4.69, 9.17) is 9.15 Å². The van der Waals surface area contributed by atoms with Crippen molar-refractivity contribution in [2.75, 3.05) is 11.9 Å². The summed E-state index contributed by atoms with van der Waals surface area (Å²) in [5, 5.41) is 15.5. The van der Waals surface area contributed by atoms with Gasteiger partial charge in [-0.05, 0) is 54.1 Å². The molecule has 0 spiro atoms. The van der Waals surface area contributed by atoms with Gasteiger partial charge in [0.2, 0.25) is 5.82 Å². The molecular weight excluding hydrogens is 393 g/mol. The number of amides is 1. The van der Waals surface area contributed by atoms with E-state index < -0.39 is 11.7 Å². The summed E-state index contributed by atoms with van der Waals surface area (Å²) in [6, 6.07) is 12.0. The third kappa shape index (κ3) is 4.17. The van der Waals surface area contributed by atoms with E-state index in [0.717, 1.165) is 0 Å². The number of fused-ring (bicyclic) bond motifs is 1. The van der Waals surface area contributed by atoms with Crippen molar-refractivity contribution in [2.24, 2.45) is 0 Å². The summed E-state index contributed by atoms with van der Waals surface area (Å²) in [7, 11) is 0. The van der Waals surface area contributed by atoms with E-state index in [1.807, 2.05) is 0 Å². The normalized spacial score (nSPS) is 10.9. The molecule has 2 aromatic heterocycles. The van der Waals surface area contributed by atoms with Crippen LogP contribution in [0.3, 0.4) is 0 Å². The smallest absolute Gasteiger partial charge is 0.411 e. The molecule has 0 aliphatic rings. The molecule has 2 heterocycles. The summed E-state index contributed by atoms with van der Waals surface area (Å²) in [5.41, 5.74) is 1.41. The first-order chi connectivity index (χ1) is 14.5. The number of carbonyl (C=O) groups excluding carboxylic acids is 1. The Morgan fingerprint density at radius 3 is 2.77 bits per heavy atom. The first-order valence-corrected chi connectivity index (χ1v) is 9.06. The largest absolute Gasteiger partial charge is 0.450 e. The van der Waals surface area contributed by atoms with Crippen LogP contribution in [-0.4, -0.2) is 32.9 Å². The first-order valence-electron chi connectivity index (χ1n) is 9.06. The molecule has 0 fully saturated rings. The second-order valence-electron chi connectivity index (χ2n) is 6.30. The zero-order chi connectivity index (χ0) is 21.1. The van der Waals surface area contributed by atoms with Crippen LogP contribution < -0.4 is 10.9 Å². The number of nitrogens with zero attached hydrogens (tertiary/aromatic N) is 4. The monoisotopic (exact) mass is 409 g/mol. The Labute approximate surface area is 169 Å². The average molecular weight is 409 g/mol. The predicted molar refractivity (Wildman–Crippen MR) is 105 cm³/mol. The molecule has 2 aromatic carbocycles. The molecule has 0 unspecified atom stereocenters. The second-order valence-corrected chi connectivity index (χ2v) is 6.30. The lowest BCUT2D eigenvalue weighted by Crippen LogP contribution is -2.13. The van der Waals surface area contributed by atoms with Crippen molar-refractivity contribution in [1.82, 2.24) is 20.2 Å². The standard InChI is InChI=1S/C20H16FN5O4/c1-2-29-20(28)22-15-7-8-16-13(9-18(27)30-17(16)10-15)11-26-24-19(23-25-26)12-3-5-14(21)6-4-12/h3-10H,2,11H2,1H3,(H,22,28). The van der Waals surface area contributed by atoms with E-state index in [0.29, 0.717) is 33.6 Å². The Bertz CT molecular complexity index is 1270. The minimum absolute atomic E-state index is 0.168. The van der Waals surface area contributed by atoms with E-state index in [9.17, 15) is 14.0 Å². The number of carbonyl (C=O) groups is 1. The zero-order valence-electron chi connectivity index (χ0n) is 15.8. The Morgan fingerprint density at radius 1 is 1.20 bits per heavy atom. The summed E-state index contributed by atoms with van der Waals surface area (Å²) < 4.78 is 23.2. The maximum Gasteiger partial charge on any atom is 0.411 e. The van der Waals surface area contributed by atoms with Gasteiger partial charge in [0.25, 0.3) is 0 Å². The van der Waals surface area contributed by atoms with Crippen LogP contribution in [0.2, 0.25) is 0 Å². The number of anilines is 1. The van der Waals surface area contributed by atoms with Gasteiger partial charge in [-0.2, -0.15) is 4.80 Å². The topological polar surface area (TPSA) is 112 Å². The van der Waals surface area contributed by atoms with Gasteiger partial charge in [-0.25, -0.2) is 14.0 Å². The number of tetrazole rings is 1. The van der Waals surface area contributed by atoms with Gasteiger partial charge < -0.3 is 9.15 Å². The van der Waals surface area contributed by atoms with E-state index in [1.54, 1.807) is 31.2 Å². The maximum atomic E-state index is 13.1. The van der Waals surface area contributed by atoms with Gasteiger partial charge >= 0.3 is 11.7 Å². The highest BCUT2D eigenvalue weighted by atomic mass is 19.1. The summed E-state index contributed by atoms with van der Waals surface area (Å²) in [5.74, 6) is -0.0198. The van der Waals surface area contributed by atoms with Crippen LogP contribution in [0.1, 0.15) is 12.5 Å². The maximum absolute atomic E-state index is 13.1. The highest BCUT2D eigenvalue weighted by molar-refractivity contribution is 5.89. The van der Waals surface area contributed by atoms with Crippen molar-refractivity contribution in [1.29, 1.82) is 0 Å². The van der Waals surface area contributed by atoms with Gasteiger partial charge in [-0.3, -0.25) is 5.32 Å². The predicted octanol–water partition coefficient (Wildman–Crippen LogP) is 3.20. The molecule has 0 aliphatic heterocycles. The lowest BCUT2D eigenvalue weighted by Gasteiger charge is -2.08. The van der Waals surface area contributed by atoms with E-state index >= 15 is 0 Å². The molecule has 0 saturated heterocycles. The van der Waals surface area contributed by atoms with Crippen LogP contribution >= 0.6 is 0 Å². The van der Waals surface area contributed by atoms with E-state index in [-0.39, 0.29) is 19.0 Å². The van der Waals surface area contributed by atoms with Crippen LogP contribution in [0.25, 0.3) is 22.4 Å². The number of aromatic nitrogens is 4. The van der Waals surface area contributed by atoms with Crippen molar-refractivity contribution in [2.45, 2.75) is 13.5 Å². The fourth-order valence-corrected chi connectivity index (χ4v) is 2.90. The highest BCUT2D eigenvalue weighted by Crippen LogP contribution is 2.22. The van der Waals surface area contributed by atoms with E-state index in [2.05, 4.69) is 20.7 Å². The number of ether oxygens (including phenoxy) is 1. The molecule has 1 N–H and O–H groups in total. The Hall–Kier alpha value is -4.08. The summed E-state index contributed by atoms with van der Waals surface area (Å²) >= 11 is 0. The summed E-state index contributed by atoms with van der Waals surface area (Å²) in [6.45, 7) is 2.11. The summed E-state index contributed by atoms with van der Waals surface area (Å²) in [6.07, 6.45) is -0.601. The lowest BCUT2D eigenvalue weighted by atomic mass is 10.1. The van der Waals surface area contributed by atoms with Gasteiger partial charge in [-0.15, -0.1) is 10.2 Å². The number of hydrogen-bond acceptors (Lipinski definition) is 7. The van der Waals surface area contributed by atoms with Crippen LogP contribution in [0.4, 0.5) is 14.9 Å². The number of nitrogens with one attached hydrogen (secondary N) is 1. The molecule has 0 saturated carbocycles. The quantitative estimate of drug-likeness (QED) is 0.504. The molecule has 4 rings (SSSR count). The molecule has 0 radical (unpaired) electrons. The minimum atomic E-state index is -0.601. The van der Waals surface area contributed by atoms with Crippen molar-refractivity contribution < 1.29 is 18.3 Å². The number of hydrogen-bond donors (Lipinski definition) is 1. The minimum Gasteiger partial charge on any atom is -0.450 e. The van der Waals surface area contributed by atoms with Gasteiger partial charge in [0.15, 0.2) is 0 Å². The third-order valence-electron chi connectivity index (χ3n) is 4.22. The Balaban J connectivity index is 1.62. The SMILES string of the molecule is CCOC(=O)Nc1ccc2c(Cn3nnc(-c4ccc(F)cc4)n3)cc(=O)oc2c1. The lowest BCUT2D eigenvalue weighted by molar-refractivity contribution is 0.168. The number of rotatable bonds is 5. The van der Waals surface area contributed by atoms with Crippen LogP contribution in [0.5, 0.6) is 0 Å². The third-order valence-corrected chi connectivity index (χ3v) is 4.22. The van der Waals surface area contributed by atoms with Crippen molar-refractivity contribution in [3.63, 3.8) is 0 Å². The Morgan fingerprint density at radius 2 is 2.00 bits per heavy atom. The van der Waals surface area contributed by atoms with Crippen LogP contribution in [0, 0.1) is 5.82 Å². The van der Waals surface area contributed by atoms with Crippen molar-refractivity contribution in [3.8, 4) is 11.4 Å². The molecule has 30 heavy (non-hydrogen) atoms. The van der Waals surface area contributed by atoms with Gasteiger partial charge in [-0.1, -0.05) is 0 Å². The fourth-order valence-electron chi connectivity index (χ4n) is 2.90. The molecule has 0 bridgehead atoms. The fraction of sp³-hybridized carbons (Fsp3) is 0.150. The van der Waals surface area contributed by atoms with E-state index in [1.165, 1.54) is 29.1 Å². The number of halogens is 1. The molecule has 4 aromatic rings. The molecule has 0 atom stereocenters. The van der Waals surface area contributed by atoms with Crippen molar-refractivity contribution in [3.05, 3.63) is 70.3 Å². The molecule has 0 aliphatic carbocycles. The molecule has 9 nitrogen and oxygen atoms in total. The zero-order valence-corrected chi connectivity index (χ0v) is 15.8. The highest BCUT2D eigenvalue weighted by Gasteiger charge is 2.12. The molecule has 1 amide bonds. The average Bonchev–Trinajstić information content (AvgIpc) is 3.17. The van der Waals surface area contributed by atoms with Gasteiger partial charge in [0.1, 0.15) is 11.4 Å². The Kier molecular flexibility index (Phi) is 5.21.